The normalized spacial score (nSPS) is 18.5. The van der Waals surface area contributed by atoms with Crippen molar-refractivity contribution in [2.75, 3.05) is 25.0 Å². The van der Waals surface area contributed by atoms with Crippen LogP contribution in [0.15, 0.2) is 36.4 Å². The first-order valence-electron chi connectivity index (χ1n) is 9.42. The molecule has 1 atom stereocenters. The van der Waals surface area contributed by atoms with E-state index in [1.807, 2.05) is 50.2 Å². The average molecular weight is 389 g/mol. The molecule has 1 fully saturated rings. The molecule has 7 heteroatoms. The third kappa shape index (κ3) is 5.05. The minimum atomic E-state index is -3.34. The summed E-state index contributed by atoms with van der Waals surface area (Å²) in [5.41, 5.74) is 1.78. The van der Waals surface area contributed by atoms with Gasteiger partial charge in [-0.05, 0) is 38.7 Å². The van der Waals surface area contributed by atoms with Crippen molar-refractivity contribution in [3.05, 3.63) is 53.5 Å². The van der Waals surface area contributed by atoms with E-state index in [0.29, 0.717) is 0 Å². The maximum atomic E-state index is 12.8. The summed E-state index contributed by atoms with van der Waals surface area (Å²) in [5, 5.41) is 0. The van der Waals surface area contributed by atoms with Crippen LogP contribution in [0, 0.1) is 13.8 Å². The van der Waals surface area contributed by atoms with Crippen molar-refractivity contribution in [2.45, 2.75) is 44.9 Å². The Labute approximate surface area is 162 Å². The van der Waals surface area contributed by atoms with E-state index < -0.39 is 10.0 Å². The molecule has 0 saturated carbocycles. The van der Waals surface area contributed by atoms with Gasteiger partial charge in [-0.25, -0.2) is 22.7 Å². The third-order valence-electron chi connectivity index (χ3n) is 5.12. The maximum Gasteiger partial charge on any atom is 0.218 e. The summed E-state index contributed by atoms with van der Waals surface area (Å²) in [6.07, 6.45) is 2.61. The van der Waals surface area contributed by atoms with Crippen molar-refractivity contribution in [3.63, 3.8) is 0 Å². The highest BCUT2D eigenvalue weighted by Crippen LogP contribution is 2.23. The van der Waals surface area contributed by atoms with Crippen molar-refractivity contribution in [2.24, 2.45) is 0 Å². The minimum absolute atomic E-state index is 0.0211. The third-order valence-corrected chi connectivity index (χ3v) is 6.99. The Balaban J connectivity index is 1.68. The first-order valence-corrected chi connectivity index (χ1v) is 11.0. The molecular weight excluding hydrogens is 360 g/mol. The Morgan fingerprint density at radius 3 is 2.56 bits per heavy atom. The Bertz CT molecular complexity index is 851. The van der Waals surface area contributed by atoms with Gasteiger partial charge in [-0.1, -0.05) is 30.3 Å². The SMILES string of the molecule is Cc1cc(N2CCCC(N(C)S(=O)(=O)Cc3ccccc3)CC2)nc(C)n1. The standard InChI is InChI=1S/C20H28N4O2S/c1-16-14-20(22-17(2)21-16)24-12-7-10-19(11-13-24)23(3)27(25,26)15-18-8-5-4-6-9-18/h4-6,8-9,14,19H,7,10-13,15H2,1-3H3. The first kappa shape index (κ1) is 19.8. The highest BCUT2D eigenvalue weighted by Gasteiger charge is 2.28. The zero-order valence-electron chi connectivity index (χ0n) is 16.3. The molecule has 0 aliphatic carbocycles. The number of sulfonamides is 1. The minimum Gasteiger partial charge on any atom is -0.356 e. The van der Waals surface area contributed by atoms with Gasteiger partial charge in [0.25, 0.3) is 0 Å². The highest BCUT2D eigenvalue weighted by atomic mass is 32.2. The smallest absolute Gasteiger partial charge is 0.218 e. The second-order valence-corrected chi connectivity index (χ2v) is 9.27. The number of rotatable bonds is 5. The molecule has 1 aliphatic rings. The van der Waals surface area contributed by atoms with Gasteiger partial charge < -0.3 is 4.90 Å². The van der Waals surface area contributed by atoms with Crippen molar-refractivity contribution in [1.29, 1.82) is 0 Å². The Morgan fingerprint density at radius 2 is 1.85 bits per heavy atom. The largest absolute Gasteiger partial charge is 0.356 e. The van der Waals surface area contributed by atoms with Crippen LogP contribution in [0.4, 0.5) is 5.82 Å². The van der Waals surface area contributed by atoms with Gasteiger partial charge in [0.15, 0.2) is 0 Å². The van der Waals surface area contributed by atoms with Crippen LogP contribution in [-0.4, -0.2) is 48.9 Å². The van der Waals surface area contributed by atoms with Crippen LogP contribution < -0.4 is 4.90 Å². The van der Waals surface area contributed by atoms with E-state index in [-0.39, 0.29) is 11.8 Å². The van der Waals surface area contributed by atoms with Gasteiger partial charge in [0.05, 0.1) is 5.75 Å². The predicted octanol–water partition coefficient (Wildman–Crippen LogP) is 2.91. The fourth-order valence-corrected chi connectivity index (χ4v) is 5.13. The van der Waals surface area contributed by atoms with Gasteiger partial charge in [-0.2, -0.15) is 0 Å². The van der Waals surface area contributed by atoms with Crippen LogP contribution in [0.2, 0.25) is 0 Å². The van der Waals surface area contributed by atoms with Crippen LogP contribution in [0.25, 0.3) is 0 Å². The lowest BCUT2D eigenvalue weighted by molar-refractivity contribution is 0.341. The molecule has 27 heavy (non-hydrogen) atoms. The molecule has 1 aromatic heterocycles. The molecule has 6 nitrogen and oxygen atoms in total. The first-order chi connectivity index (χ1) is 12.8. The molecule has 0 bridgehead atoms. The molecule has 0 amide bonds. The van der Waals surface area contributed by atoms with Gasteiger partial charge in [-0.15, -0.1) is 0 Å². The van der Waals surface area contributed by atoms with Crippen molar-refractivity contribution >= 4 is 15.8 Å². The van der Waals surface area contributed by atoms with Crippen molar-refractivity contribution in [1.82, 2.24) is 14.3 Å². The van der Waals surface area contributed by atoms with Crippen molar-refractivity contribution in [3.8, 4) is 0 Å². The summed E-state index contributed by atoms with van der Waals surface area (Å²) in [5.74, 6) is 1.76. The maximum absolute atomic E-state index is 12.8. The Kier molecular flexibility index (Phi) is 6.11. The Morgan fingerprint density at radius 1 is 1.11 bits per heavy atom. The lowest BCUT2D eigenvalue weighted by atomic mass is 10.1. The number of hydrogen-bond donors (Lipinski definition) is 0. The van der Waals surface area contributed by atoms with Crippen LogP contribution in [0.5, 0.6) is 0 Å². The lowest BCUT2D eigenvalue weighted by Gasteiger charge is -2.27. The topological polar surface area (TPSA) is 66.4 Å². The number of anilines is 1. The zero-order valence-corrected chi connectivity index (χ0v) is 17.1. The molecule has 2 aromatic rings. The molecule has 0 radical (unpaired) electrons. The van der Waals surface area contributed by atoms with Gasteiger partial charge in [0.1, 0.15) is 11.6 Å². The number of aromatic nitrogens is 2. The molecule has 3 rings (SSSR count). The molecule has 1 aliphatic heterocycles. The van der Waals surface area contributed by atoms with Gasteiger partial charge in [0, 0.05) is 37.9 Å². The summed E-state index contributed by atoms with van der Waals surface area (Å²) in [6, 6.07) is 11.4. The molecule has 1 aromatic carbocycles. The second-order valence-electron chi connectivity index (χ2n) is 7.24. The van der Waals surface area contributed by atoms with Crippen LogP contribution in [-0.2, 0) is 15.8 Å². The number of aryl methyl sites for hydroxylation is 2. The zero-order chi connectivity index (χ0) is 19.4. The molecule has 2 heterocycles. The summed E-state index contributed by atoms with van der Waals surface area (Å²) in [6.45, 7) is 5.56. The van der Waals surface area contributed by atoms with Gasteiger partial charge in [0.2, 0.25) is 10.0 Å². The number of hydrogen-bond acceptors (Lipinski definition) is 5. The van der Waals surface area contributed by atoms with E-state index in [4.69, 9.17) is 0 Å². The molecule has 1 saturated heterocycles. The molecule has 0 spiro atoms. The quantitative estimate of drug-likeness (QED) is 0.788. The molecule has 146 valence electrons. The van der Waals surface area contributed by atoms with E-state index in [0.717, 1.165) is 55.3 Å². The van der Waals surface area contributed by atoms with Gasteiger partial charge >= 0.3 is 0 Å². The highest BCUT2D eigenvalue weighted by molar-refractivity contribution is 7.88. The lowest BCUT2D eigenvalue weighted by Crippen LogP contribution is -2.38. The Hall–Kier alpha value is -1.99. The fourth-order valence-electron chi connectivity index (χ4n) is 3.64. The number of benzene rings is 1. The summed E-state index contributed by atoms with van der Waals surface area (Å²) >= 11 is 0. The second kappa shape index (κ2) is 8.35. The average Bonchev–Trinajstić information content (AvgIpc) is 2.87. The van der Waals surface area contributed by atoms with Crippen LogP contribution >= 0.6 is 0 Å². The van der Waals surface area contributed by atoms with E-state index in [9.17, 15) is 8.42 Å². The van der Waals surface area contributed by atoms with Crippen LogP contribution in [0.3, 0.4) is 0 Å². The molecule has 1 unspecified atom stereocenters. The van der Waals surface area contributed by atoms with E-state index in [1.54, 1.807) is 11.4 Å². The van der Waals surface area contributed by atoms with Crippen LogP contribution in [0.1, 0.15) is 36.3 Å². The van der Waals surface area contributed by atoms with E-state index in [2.05, 4.69) is 14.9 Å². The van der Waals surface area contributed by atoms with Gasteiger partial charge in [-0.3, -0.25) is 0 Å². The summed E-state index contributed by atoms with van der Waals surface area (Å²) in [4.78, 5) is 11.1. The molecular formula is C20H28N4O2S. The number of nitrogens with zero attached hydrogens (tertiary/aromatic N) is 4. The fraction of sp³-hybridized carbons (Fsp3) is 0.500. The predicted molar refractivity (Wildman–Crippen MR) is 108 cm³/mol. The summed E-state index contributed by atoms with van der Waals surface area (Å²) in [7, 11) is -1.62. The van der Waals surface area contributed by atoms with Crippen molar-refractivity contribution < 1.29 is 8.42 Å². The van der Waals surface area contributed by atoms with E-state index >= 15 is 0 Å². The molecule has 0 N–H and O–H groups in total. The monoisotopic (exact) mass is 388 g/mol. The summed E-state index contributed by atoms with van der Waals surface area (Å²) < 4.78 is 27.3. The van der Waals surface area contributed by atoms with E-state index in [1.165, 1.54) is 0 Å².